The number of carbonyl (C=O) groups excluding carboxylic acids is 2. The van der Waals surface area contributed by atoms with Crippen molar-refractivity contribution in [2.24, 2.45) is 5.92 Å². The molecule has 0 atom stereocenters. The van der Waals surface area contributed by atoms with Gasteiger partial charge in [0, 0.05) is 30.2 Å². The lowest BCUT2D eigenvalue weighted by Gasteiger charge is -2.28. The Labute approximate surface area is 218 Å². The molecule has 0 unspecified atom stereocenters. The minimum absolute atomic E-state index is 0.0273. The summed E-state index contributed by atoms with van der Waals surface area (Å²) in [7, 11) is 0. The molecule has 1 saturated carbocycles. The smallest absolute Gasteiger partial charge is 0.416 e. The maximum Gasteiger partial charge on any atom is 0.416 e. The average Bonchev–Trinajstić information content (AvgIpc) is 3.25. The Kier molecular flexibility index (Phi) is 8.69. The second-order valence-electron chi connectivity index (χ2n) is 9.67. The number of pyridine rings is 1. The number of amides is 1. The second-order valence-corrected chi connectivity index (χ2v) is 9.67. The number of fused-ring (bicyclic) bond motifs is 1. The minimum atomic E-state index is -4.42. The summed E-state index contributed by atoms with van der Waals surface area (Å²) in [5.74, 6) is -0.273. The highest BCUT2D eigenvalue weighted by Crippen LogP contribution is 2.31. The van der Waals surface area contributed by atoms with E-state index in [1.165, 1.54) is 12.1 Å². The third kappa shape index (κ3) is 6.52. The molecule has 0 aliphatic heterocycles. The number of carbonyl (C=O) groups is 2. The minimum Gasteiger partial charge on any atom is -0.466 e. The van der Waals surface area contributed by atoms with Gasteiger partial charge in [0.2, 0.25) is 0 Å². The number of alkyl halides is 4. The fourth-order valence-electron chi connectivity index (χ4n) is 5.12. The van der Waals surface area contributed by atoms with Crippen molar-refractivity contribution >= 4 is 22.9 Å². The zero-order valence-electron chi connectivity index (χ0n) is 21.2. The van der Waals surface area contributed by atoms with Gasteiger partial charge in [0.25, 0.3) is 5.91 Å². The summed E-state index contributed by atoms with van der Waals surface area (Å²) in [5.41, 5.74) is 1.45. The van der Waals surface area contributed by atoms with Gasteiger partial charge in [-0.1, -0.05) is 12.1 Å². The van der Waals surface area contributed by atoms with Gasteiger partial charge >= 0.3 is 12.1 Å². The second kappa shape index (κ2) is 12.0. The zero-order chi connectivity index (χ0) is 27.3. The maximum absolute atomic E-state index is 13.4. The SMILES string of the molecule is CCOC(=O)CC1CCC(NC(=O)c2cn(CCF)c3nccc(Cc4ccc(C(F)(F)F)cc4)c23)CC1. The first kappa shape index (κ1) is 27.6. The number of nitrogens with zero attached hydrogens (tertiary/aromatic N) is 2. The third-order valence-corrected chi connectivity index (χ3v) is 7.03. The van der Waals surface area contributed by atoms with E-state index in [4.69, 9.17) is 4.74 Å². The van der Waals surface area contributed by atoms with Gasteiger partial charge in [-0.2, -0.15) is 13.2 Å². The molecular weight excluding hydrogens is 502 g/mol. The molecule has 1 aliphatic carbocycles. The molecule has 2 heterocycles. The lowest BCUT2D eigenvalue weighted by atomic mass is 9.84. The molecule has 0 bridgehead atoms. The Morgan fingerprint density at radius 1 is 1.11 bits per heavy atom. The van der Waals surface area contributed by atoms with Crippen LogP contribution in [0.2, 0.25) is 0 Å². The molecule has 1 amide bonds. The van der Waals surface area contributed by atoms with E-state index in [0.29, 0.717) is 35.2 Å². The topological polar surface area (TPSA) is 73.2 Å². The lowest BCUT2D eigenvalue weighted by Crippen LogP contribution is -2.38. The molecule has 1 N–H and O–H groups in total. The fourth-order valence-corrected chi connectivity index (χ4v) is 5.12. The summed E-state index contributed by atoms with van der Waals surface area (Å²) >= 11 is 0. The number of aromatic nitrogens is 2. The summed E-state index contributed by atoms with van der Waals surface area (Å²) in [5, 5.41) is 3.65. The van der Waals surface area contributed by atoms with E-state index < -0.39 is 18.4 Å². The Bertz CT molecular complexity index is 1260. The van der Waals surface area contributed by atoms with Crippen molar-refractivity contribution in [1.82, 2.24) is 14.9 Å². The number of ether oxygens (including phenoxy) is 1. The fraction of sp³-hybridized carbons (Fsp3) is 0.464. The van der Waals surface area contributed by atoms with E-state index in [-0.39, 0.29) is 36.8 Å². The molecule has 0 saturated heterocycles. The first-order valence-electron chi connectivity index (χ1n) is 12.8. The van der Waals surface area contributed by atoms with Crippen LogP contribution in [0, 0.1) is 5.92 Å². The van der Waals surface area contributed by atoms with Crippen LogP contribution >= 0.6 is 0 Å². The molecule has 1 aromatic carbocycles. The standard InChI is InChI=1S/C28H31F4N3O3/c1-2-38-24(36)16-19-5-9-22(10-6-19)34-27(37)23-17-35(14-12-29)26-25(23)20(11-13-33-26)15-18-3-7-21(8-4-18)28(30,31)32/h3-4,7-8,11,13,17,19,22H,2,5-6,9-10,12,14-16H2,1H3,(H,34,37). The molecule has 38 heavy (non-hydrogen) atoms. The van der Waals surface area contributed by atoms with Crippen LogP contribution in [0.3, 0.4) is 0 Å². The van der Waals surface area contributed by atoms with E-state index in [1.54, 1.807) is 30.0 Å². The molecule has 6 nitrogen and oxygen atoms in total. The maximum atomic E-state index is 13.4. The van der Waals surface area contributed by atoms with Gasteiger partial charge in [0.05, 0.1) is 24.3 Å². The monoisotopic (exact) mass is 533 g/mol. The van der Waals surface area contributed by atoms with Crippen LogP contribution in [0.25, 0.3) is 11.0 Å². The van der Waals surface area contributed by atoms with E-state index in [9.17, 15) is 27.2 Å². The quantitative estimate of drug-likeness (QED) is 0.276. The number of hydrogen-bond acceptors (Lipinski definition) is 4. The Balaban J connectivity index is 1.53. The molecule has 3 aromatic rings. The molecule has 2 aromatic heterocycles. The summed E-state index contributed by atoms with van der Waals surface area (Å²) in [6, 6.07) is 6.58. The van der Waals surface area contributed by atoms with Gasteiger partial charge in [-0.3, -0.25) is 9.59 Å². The molecule has 1 aliphatic rings. The van der Waals surface area contributed by atoms with E-state index in [0.717, 1.165) is 43.4 Å². The normalized spacial score (nSPS) is 17.9. The largest absolute Gasteiger partial charge is 0.466 e. The molecule has 0 radical (unpaired) electrons. The van der Waals surface area contributed by atoms with Crippen LogP contribution in [0.5, 0.6) is 0 Å². The first-order valence-corrected chi connectivity index (χ1v) is 12.8. The number of esters is 1. The van der Waals surface area contributed by atoms with Gasteiger partial charge in [0.1, 0.15) is 12.3 Å². The Morgan fingerprint density at radius 2 is 1.82 bits per heavy atom. The summed E-state index contributed by atoms with van der Waals surface area (Å²) < 4.78 is 58.8. The van der Waals surface area contributed by atoms with E-state index in [1.807, 2.05) is 0 Å². The van der Waals surface area contributed by atoms with Crippen molar-refractivity contribution < 1.29 is 31.9 Å². The van der Waals surface area contributed by atoms with Crippen molar-refractivity contribution in [1.29, 1.82) is 0 Å². The van der Waals surface area contributed by atoms with Crippen molar-refractivity contribution in [2.75, 3.05) is 13.3 Å². The number of nitrogens with one attached hydrogen (secondary N) is 1. The first-order chi connectivity index (χ1) is 18.2. The number of halogens is 4. The van der Waals surface area contributed by atoms with Crippen LogP contribution in [-0.2, 0) is 28.7 Å². The highest BCUT2D eigenvalue weighted by Gasteiger charge is 2.30. The molecule has 0 spiro atoms. The Morgan fingerprint density at radius 3 is 2.45 bits per heavy atom. The van der Waals surface area contributed by atoms with Gasteiger partial charge in [0.15, 0.2) is 0 Å². The molecule has 1 fully saturated rings. The van der Waals surface area contributed by atoms with Gasteiger partial charge in [-0.25, -0.2) is 9.37 Å². The predicted octanol–water partition coefficient (Wildman–Crippen LogP) is 5.86. The van der Waals surface area contributed by atoms with Gasteiger partial charge in [-0.15, -0.1) is 0 Å². The van der Waals surface area contributed by atoms with Gasteiger partial charge < -0.3 is 14.6 Å². The van der Waals surface area contributed by atoms with Crippen molar-refractivity contribution in [3.8, 4) is 0 Å². The number of aryl methyl sites for hydroxylation is 1. The number of rotatable bonds is 9. The van der Waals surface area contributed by atoms with Crippen LogP contribution in [0.1, 0.15) is 66.1 Å². The number of benzene rings is 1. The molecule has 204 valence electrons. The van der Waals surface area contributed by atoms with E-state index in [2.05, 4.69) is 10.3 Å². The van der Waals surface area contributed by atoms with Crippen molar-refractivity contribution in [2.45, 2.75) is 64.2 Å². The Hall–Kier alpha value is -3.43. The average molecular weight is 534 g/mol. The van der Waals surface area contributed by atoms with Crippen LogP contribution in [0.4, 0.5) is 17.6 Å². The molecule has 10 heteroatoms. The molecule has 4 rings (SSSR count). The van der Waals surface area contributed by atoms with Gasteiger partial charge in [-0.05, 0) is 74.3 Å². The summed E-state index contributed by atoms with van der Waals surface area (Å²) in [6.07, 6.45) is 2.46. The lowest BCUT2D eigenvalue weighted by molar-refractivity contribution is -0.144. The number of hydrogen-bond donors (Lipinski definition) is 1. The zero-order valence-corrected chi connectivity index (χ0v) is 21.2. The van der Waals surface area contributed by atoms with Crippen molar-refractivity contribution in [3.05, 3.63) is 65.0 Å². The molecular formula is C28H31F4N3O3. The van der Waals surface area contributed by atoms with Crippen LogP contribution in [-0.4, -0.2) is 40.8 Å². The van der Waals surface area contributed by atoms with Crippen LogP contribution < -0.4 is 5.32 Å². The summed E-state index contributed by atoms with van der Waals surface area (Å²) in [4.78, 5) is 29.6. The highest BCUT2D eigenvalue weighted by atomic mass is 19.4. The van der Waals surface area contributed by atoms with E-state index >= 15 is 0 Å². The predicted molar refractivity (Wildman–Crippen MR) is 134 cm³/mol. The third-order valence-electron chi connectivity index (χ3n) is 7.03. The summed E-state index contributed by atoms with van der Waals surface area (Å²) in [6.45, 7) is 1.52. The highest BCUT2D eigenvalue weighted by molar-refractivity contribution is 6.07. The van der Waals surface area contributed by atoms with Crippen LogP contribution in [0.15, 0.2) is 42.7 Å². The van der Waals surface area contributed by atoms with Crippen molar-refractivity contribution in [3.63, 3.8) is 0 Å².